The summed E-state index contributed by atoms with van der Waals surface area (Å²) in [7, 11) is 0. The van der Waals surface area contributed by atoms with Gasteiger partial charge in [-0.15, -0.1) is 0 Å². The van der Waals surface area contributed by atoms with Crippen LogP contribution in [0.3, 0.4) is 0 Å². The molecule has 2 amide bonds. The summed E-state index contributed by atoms with van der Waals surface area (Å²) in [5, 5.41) is 0. The van der Waals surface area contributed by atoms with Crippen LogP contribution in [0.5, 0.6) is 0 Å². The molecular weight excluding hydrogens is 288 g/mol. The zero-order valence-electron chi connectivity index (χ0n) is 13.5. The first-order valence-electron chi connectivity index (χ1n) is 8.90. The minimum absolute atomic E-state index is 0.0272. The minimum atomic E-state index is -0.204. The Morgan fingerprint density at radius 2 is 1.52 bits per heavy atom. The van der Waals surface area contributed by atoms with E-state index in [1.54, 1.807) is 0 Å². The maximum absolute atomic E-state index is 13.0. The maximum atomic E-state index is 13.0. The van der Waals surface area contributed by atoms with Gasteiger partial charge in [0.2, 0.25) is 11.8 Å². The molecule has 2 saturated heterocycles. The number of carbonyl (C=O) groups is 2. The molecule has 3 aliphatic rings. The molecule has 2 heterocycles. The van der Waals surface area contributed by atoms with Crippen LogP contribution in [0, 0.1) is 5.92 Å². The molecule has 0 unspecified atom stereocenters. The number of likely N-dealkylation sites (tertiary alicyclic amines) is 2. The summed E-state index contributed by atoms with van der Waals surface area (Å²) >= 11 is 0. The lowest BCUT2D eigenvalue weighted by Gasteiger charge is -2.29. The molecule has 2 fully saturated rings. The molecule has 0 bridgehead atoms. The van der Waals surface area contributed by atoms with Gasteiger partial charge in [-0.1, -0.05) is 24.3 Å². The van der Waals surface area contributed by atoms with Gasteiger partial charge in [0.15, 0.2) is 0 Å². The fourth-order valence-corrected chi connectivity index (χ4v) is 4.40. The molecule has 0 N–H and O–H groups in total. The normalized spacial score (nSPS) is 24.3. The number of nitrogens with zero attached hydrogens (tertiary/aromatic N) is 2. The summed E-state index contributed by atoms with van der Waals surface area (Å²) in [4.78, 5) is 29.6. The SMILES string of the molecule is O=C([C@@H]1CCCN1C(=O)C1Cc2ccccc2C1)N1CCCC1. The molecule has 0 aromatic heterocycles. The topological polar surface area (TPSA) is 40.6 Å². The third-order valence-electron chi connectivity index (χ3n) is 5.64. The Labute approximate surface area is 137 Å². The van der Waals surface area contributed by atoms with Crippen molar-refractivity contribution in [3.8, 4) is 0 Å². The van der Waals surface area contributed by atoms with Gasteiger partial charge in [0, 0.05) is 25.6 Å². The average molecular weight is 312 g/mol. The average Bonchev–Trinajstić information content (AvgIpc) is 3.32. The summed E-state index contributed by atoms with van der Waals surface area (Å²) in [6.07, 6.45) is 5.65. The van der Waals surface area contributed by atoms with Gasteiger partial charge >= 0.3 is 0 Å². The summed E-state index contributed by atoms with van der Waals surface area (Å²) in [5.74, 6) is 0.402. The van der Waals surface area contributed by atoms with E-state index in [2.05, 4.69) is 12.1 Å². The van der Waals surface area contributed by atoms with Crippen molar-refractivity contribution < 1.29 is 9.59 Å². The van der Waals surface area contributed by atoms with Gasteiger partial charge in [0.25, 0.3) is 0 Å². The van der Waals surface area contributed by atoms with E-state index in [1.807, 2.05) is 21.9 Å². The molecule has 2 aliphatic heterocycles. The molecule has 1 aliphatic carbocycles. The van der Waals surface area contributed by atoms with Crippen molar-refractivity contribution in [2.45, 2.75) is 44.6 Å². The minimum Gasteiger partial charge on any atom is -0.341 e. The molecule has 4 heteroatoms. The molecular formula is C19H24N2O2. The van der Waals surface area contributed by atoms with Crippen LogP contribution >= 0.6 is 0 Å². The fourth-order valence-electron chi connectivity index (χ4n) is 4.40. The molecule has 4 nitrogen and oxygen atoms in total. The highest BCUT2D eigenvalue weighted by atomic mass is 16.2. The van der Waals surface area contributed by atoms with Crippen LogP contribution in [-0.4, -0.2) is 47.3 Å². The number of amides is 2. The number of carbonyl (C=O) groups excluding carboxylic acids is 2. The number of benzene rings is 1. The van der Waals surface area contributed by atoms with Crippen LogP contribution in [0.1, 0.15) is 36.8 Å². The van der Waals surface area contributed by atoms with Crippen LogP contribution in [0.15, 0.2) is 24.3 Å². The van der Waals surface area contributed by atoms with E-state index in [9.17, 15) is 9.59 Å². The lowest BCUT2D eigenvalue weighted by atomic mass is 10.0. The number of fused-ring (bicyclic) bond motifs is 1. The van der Waals surface area contributed by atoms with Gasteiger partial charge in [0.1, 0.15) is 6.04 Å². The predicted octanol–water partition coefficient (Wildman–Crippen LogP) is 2.01. The van der Waals surface area contributed by atoms with Crippen molar-refractivity contribution in [3.63, 3.8) is 0 Å². The summed E-state index contributed by atoms with van der Waals surface area (Å²) < 4.78 is 0. The second-order valence-corrected chi connectivity index (χ2v) is 7.10. The third kappa shape index (κ3) is 2.64. The summed E-state index contributed by atoms with van der Waals surface area (Å²) in [6.45, 7) is 2.48. The molecule has 1 atom stereocenters. The molecule has 0 radical (unpaired) electrons. The Balaban J connectivity index is 1.46. The van der Waals surface area contributed by atoms with Crippen LogP contribution in [0.25, 0.3) is 0 Å². The van der Waals surface area contributed by atoms with E-state index in [0.717, 1.165) is 58.2 Å². The van der Waals surface area contributed by atoms with E-state index < -0.39 is 0 Å². The van der Waals surface area contributed by atoms with Crippen molar-refractivity contribution in [3.05, 3.63) is 35.4 Å². The largest absolute Gasteiger partial charge is 0.341 e. The second kappa shape index (κ2) is 5.99. The van der Waals surface area contributed by atoms with E-state index in [1.165, 1.54) is 11.1 Å². The number of hydrogen-bond acceptors (Lipinski definition) is 2. The van der Waals surface area contributed by atoms with Crippen LogP contribution in [0.4, 0.5) is 0 Å². The Morgan fingerprint density at radius 1 is 0.870 bits per heavy atom. The Hall–Kier alpha value is -1.84. The predicted molar refractivity (Wildman–Crippen MR) is 87.9 cm³/mol. The van der Waals surface area contributed by atoms with Crippen molar-refractivity contribution in [2.24, 2.45) is 5.92 Å². The van der Waals surface area contributed by atoms with E-state index >= 15 is 0 Å². The first-order chi connectivity index (χ1) is 11.2. The Morgan fingerprint density at radius 3 is 2.17 bits per heavy atom. The lowest BCUT2D eigenvalue weighted by molar-refractivity contribution is -0.145. The zero-order valence-corrected chi connectivity index (χ0v) is 13.5. The van der Waals surface area contributed by atoms with Gasteiger partial charge in [-0.3, -0.25) is 9.59 Å². The first-order valence-corrected chi connectivity index (χ1v) is 8.90. The monoisotopic (exact) mass is 312 g/mol. The van der Waals surface area contributed by atoms with Gasteiger partial charge < -0.3 is 9.80 Å². The van der Waals surface area contributed by atoms with Crippen LogP contribution < -0.4 is 0 Å². The summed E-state index contributed by atoms with van der Waals surface area (Å²) in [6, 6.07) is 8.13. The highest BCUT2D eigenvalue weighted by Crippen LogP contribution is 2.31. The smallest absolute Gasteiger partial charge is 0.245 e. The van der Waals surface area contributed by atoms with Crippen molar-refractivity contribution in [1.82, 2.24) is 9.80 Å². The molecule has 23 heavy (non-hydrogen) atoms. The van der Waals surface area contributed by atoms with Crippen LogP contribution in [-0.2, 0) is 22.4 Å². The van der Waals surface area contributed by atoms with Gasteiger partial charge in [-0.05, 0) is 49.7 Å². The molecule has 0 saturated carbocycles. The van der Waals surface area contributed by atoms with E-state index in [-0.39, 0.29) is 23.8 Å². The van der Waals surface area contributed by atoms with E-state index in [4.69, 9.17) is 0 Å². The Bertz CT molecular complexity index is 597. The van der Waals surface area contributed by atoms with Crippen molar-refractivity contribution in [1.29, 1.82) is 0 Å². The van der Waals surface area contributed by atoms with Gasteiger partial charge in [-0.25, -0.2) is 0 Å². The lowest BCUT2D eigenvalue weighted by Crippen LogP contribution is -2.48. The van der Waals surface area contributed by atoms with E-state index in [0.29, 0.717) is 0 Å². The molecule has 1 aromatic rings. The quantitative estimate of drug-likeness (QED) is 0.838. The van der Waals surface area contributed by atoms with Crippen molar-refractivity contribution in [2.75, 3.05) is 19.6 Å². The molecule has 122 valence electrons. The Kier molecular flexibility index (Phi) is 3.83. The highest BCUT2D eigenvalue weighted by molar-refractivity contribution is 5.89. The zero-order chi connectivity index (χ0) is 15.8. The highest BCUT2D eigenvalue weighted by Gasteiger charge is 2.40. The number of hydrogen-bond donors (Lipinski definition) is 0. The van der Waals surface area contributed by atoms with Crippen molar-refractivity contribution >= 4 is 11.8 Å². The number of rotatable bonds is 2. The van der Waals surface area contributed by atoms with Crippen LogP contribution in [0.2, 0.25) is 0 Å². The maximum Gasteiger partial charge on any atom is 0.245 e. The second-order valence-electron chi connectivity index (χ2n) is 7.10. The molecule has 1 aromatic carbocycles. The third-order valence-corrected chi connectivity index (χ3v) is 5.64. The molecule has 0 spiro atoms. The van der Waals surface area contributed by atoms with Gasteiger partial charge in [-0.2, -0.15) is 0 Å². The first kappa shape index (κ1) is 14.7. The standard InChI is InChI=1S/C19H24N2O2/c22-18(16-12-14-6-1-2-7-15(14)13-16)21-11-5-8-17(21)19(23)20-9-3-4-10-20/h1-2,6-7,16-17H,3-5,8-13H2/t17-/m0/s1. The molecule has 4 rings (SSSR count). The fraction of sp³-hybridized carbons (Fsp3) is 0.579. The van der Waals surface area contributed by atoms with Gasteiger partial charge in [0.05, 0.1) is 0 Å². The summed E-state index contributed by atoms with van der Waals surface area (Å²) in [5.41, 5.74) is 2.60.